The molecule has 0 spiro atoms. The van der Waals surface area contributed by atoms with E-state index in [-0.39, 0.29) is 0 Å². The number of piperidine rings is 1. The number of benzene rings is 1. The molecular formula is C14H20F2N2. The van der Waals surface area contributed by atoms with E-state index in [1.165, 1.54) is 25.0 Å². The first-order valence-corrected chi connectivity index (χ1v) is 6.61. The summed E-state index contributed by atoms with van der Waals surface area (Å²) < 4.78 is 26.1. The summed E-state index contributed by atoms with van der Waals surface area (Å²) in [6.07, 6.45) is 3.09. The Morgan fingerprint density at radius 2 is 2.22 bits per heavy atom. The van der Waals surface area contributed by atoms with E-state index >= 15 is 0 Å². The van der Waals surface area contributed by atoms with E-state index in [1.54, 1.807) is 0 Å². The van der Waals surface area contributed by atoms with Gasteiger partial charge in [0.1, 0.15) is 11.6 Å². The number of rotatable bonds is 5. The Balaban J connectivity index is 1.68. The molecule has 0 bridgehead atoms. The zero-order chi connectivity index (χ0) is 12.8. The molecule has 1 aromatic carbocycles. The first kappa shape index (κ1) is 13.4. The second-order valence-corrected chi connectivity index (χ2v) is 4.90. The summed E-state index contributed by atoms with van der Waals surface area (Å²) in [7, 11) is 0. The average molecular weight is 254 g/mol. The van der Waals surface area contributed by atoms with Crippen molar-refractivity contribution >= 4 is 0 Å². The standard InChI is InChI=1S/C14H20F2N2/c15-13-4-3-12(14(16)8-13)5-7-18-10-11-2-1-6-17-9-11/h3-4,8,11,17-18H,1-2,5-7,9-10H2. The van der Waals surface area contributed by atoms with Crippen LogP contribution in [0.3, 0.4) is 0 Å². The summed E-state index contributed by atoms with van der Waals surface area (Å²) in [4.78, 5) is 0. The van der Waals surface area contributed by atoms with Gasteiger partial charge in [0.15, 0.2) is 0 Å². The van der Waals surface area contributed by atoms with Crippen LogP contribution in [0.25, 0.3) is 0 Å². The lowest BCUT2D eigenvalue weighted by atomic mass is 10.00. The summed E-state index contributed by atoms with van der Waals surface area (Å²) in [5.41, 5.74) is 0.575. The smallest absolute Gasteiger partial charge is 0.129 e. The van der Waals surface area contributed by atoms with Crippen LogP contribution < -0.4 is 10.6 Å². The molecule has 0 amide bonds. The second kappa shape index (κ2) is 6.81. The number of hydrogen-bond acceptors (Lipinski definition) is 2. The molecule has 2 nitrogen and oxygen atoms in total. The highest BCUT2D eigenvalue weighted by molar-refractivity contribution is 5.18. The Morgan fingerprint density at radius 1 is 1.33 bits per heavy atom. The lowest BCUT2D eigenvalue weighted by Gasteiger charge is -2.22. The molecule has 18 heavy (non-hydrogen) atoms. The van der Waals surface area contributed by atoms with Crippen LogP contribution in [0.2, 0.25) is 0 Å². The maximum atomic E-state index is 13.4. The Hall–Kier alpha value is -1.00. The van der Waals surface area contributed by atoms with Crippen molar-refractivity contribution in [2.24, 2.45) is 5.92 Å². The van der Waals surface area contributed by atoms with E-state index < -0.39 is 11.6 Å². The molecule has 1 aliphatic heterocycles. The van der Waals surface area contributed by atoms with E-state index in [9.17, 15) is 8.78 Å². The fraction of sp³-hybridized carbons (Fsp3) is 0.571. The summed E-state index contributed by atoms with van der Waals surface area (Å²) in [6, 6.07) is 3.78. The van der Waals surface area contributed by atoms with Gasteiger partial charge in [-0.05, 0) is 63.0 Å². The van der Waals surface area contributed by atoms with Crippen molar-refractivity contribution in [1.29, 1.82) is 0 Å². The molecule has 1 heterocycles. The van der Waals surface area contributed by atoms with Crippen molar-refractivity contribution in [3.8, 4) is 0 Å². The molecule has 1 fully saturated rings. The maximum Gasteiger partial charge on any atom is 0.129 e. The zero-order valence-corrected chi connectivity index (χ0v) is 10.5. The highest BCUT2D eigenvalue weighted by atomic mass is 19.1. The van der Waals surface area contributed by atoms with Gasteiger partial charge in [-0.15, -0.1) is 0 Å². The molecule has 1 unspecified atom stereocenters. The fourth-order valence-corrected chi connectivity index (χ4v) is 2.35. The molecule has 4 heteroatoms. The van der Waals surface area contributed by atoms with E-state index in [0.717, 1.165) is 32.2 Å². The second-order valence-electron chi connectivity index (χ2n) is 4.90. The quantitative estimate of drug-likeness (QED) is 0.786. The number of hydrogen-bond donors (Lipinski definition) is 2. The van der Waals surface area contributed by atoms with Crippen LogP contribution in [0.1, 0.15) is 18.4 Å². The van der Waals surface area contributed by atoms with Gasteiger partial charge in [0, 0.05) is 6.07 Å². The molecule has 0 aromatic heterocycles. The maximum absolute atomic E-state index is 13.4. The average Bonchev–Trinajstić information content (AvgIpc) is 2.38. The van der Waals surface area contributed by atoms with Crippen molar-refractivity contribution in [2.45, 2.75) is 19.3 Å². The Bertz CT molecular complexity index is 376. The molecule has 2 rings (SSSR count). The topological polar surface area (TPSA) is 24.1 Å². The third-order valence-corrected chi connectivity index (χ3v) is 3.42. The van der Waals surface area contributed by atoms with Gasteiger partial charge in [-0.1, -0.05) is 6.07 Å². The van der Waals surface area contributed by atoms with Gasteiger partial charge in [-0.2, -0.15) is 0 Å². The van der Waals surface area contributed by atoms with Gasteiger partial charge in [0.2, 0.25) is 0 Å². The van der Waals surface area contributed by atoms with E-state index in [0.29, 0.717) is 17.9 Å². The zero-order valence-electron chi connectivity index (χ0n) is 10.5. The molecule has 0 saturated carbocycles. The highest BCUT2D eigenvalue weighted by Gasteiger charge is 2.12. The Morgan fingerprint density at radius 3 is 2.94 bits per heavy atom. The first-order chi connectivity index (χ1) is 8.75. The van der Waals surface area contributed by atoms with Gasteiger partial charge in [-0.3, -0.25) is 0 Å². The van der Waals surface area contributed by atoms with Gasteiger partial charge >= 0.3 is 0 Å². The molecular weight excluding hydrogens is 234 g/mol. The highest BCUT2D eigenvalue weighted by Crippen LogP contribution is 2.10. The van der Waals surface area contributed by atoms with E-state index in [1.807, 2.05) is 0 Å². The van der Waals surface area contributed by atoms with E-state index in [4.69, 9.17) is 0 Å². The molecule has 100 valence electrons. The summed E-state index contributed by atoms with van der Waals surface area (Å²) in [5.74, 6) is -0.287. The Labute approximate surface area is 107 Å². The van der Waals surface area contributed by atoms with Crippen molar-refractivity contribution < 1.29 is 8.78 Å². The molecule has 1 aliphatic rings. The molecule has 1 aromatic rings. The molecule has 0 aliphatic carbocycles. The van der Waals surface area contributed by atoms with Gasteiger partial charge < -0.3 is 10.6 Å². The van der Waals surface area contributed by atoms with Crippen LogP contribution >= 0.6 is 0 Å². The minimum atomic E-state index is -0.516. The normalized spacial score (nSPS) is 20.0. The van der Waals surface area contributed by atoms with Crippen LogP contribution in [0.4, 0.5) is 8.78 Å². The van der Waals surface area contributed by atoms with Crippen LogP contribution in [0.5, 0.6) is 0 Å². The van der Waals surface area contributed by atoms with Crippen molar-refractivity contribution in [3.63, 3.8) is 0 Å². The minimum absolute atomic E-state index is 0.448. The van der Waals surface area contributed by atoms with Crippen molar-refractivity contribution in [3.05, 3.63) is 35.4 Å². The third-order valence-electron chi connectivity index (χ3n) is 3.42. The summed E-state index contributed by atoms with van der Waals surface area (Å²) in [6.45, 7) is 3.89. The van der Waals surface area contributed by atoms with Crippen molar-refractivity contribution in [2.75, 3.05) is 26.2 Å². The predicted octanol–water partition coefficient (Wildman–Crippen LogP) is 2.10. The number of halogens is 2. The van der Waals surface area contributed by atoms with Gasteiger partial charge in [0.25, 0.3) is 0 Å². The van der Waals surface area contributed by atoms with Gasteiger partial charge in [0.05, 0.1) is 0 Å². The Kier molecular flexibility index (Phi) is 5.08. The number of nitrogens with one attached hydrogen (secondary N) is 2. The van der Waals surface area contributed by atoms with Crippen LogP contribution in [-0.2, 0) is 6.42 Å². The van der Waals surface area contributed by atoms with Crippen LogP contribution in [-0.4, -0.2) is 26.2 Å². The monoisotopic (exact) mass is 254 g/mol. The molecule has 1 atom stereocenters. The molecule has 1 saturated heterocycles. The predicted molar refractivity (Wildman–Crippen MR) is 68.5 cm³/mol. The first-order valence-electron chi connectivity index (χ1n) is 6.61. The third kappa shape index (κ3) is 4.03. The van der Waals surface area contributed by atoms with E-state index in [2.05, 4.69) is 10.6 Å². The molecule has 2 N–H and O–H groups in total. The lowest BCUT2D eigenvalue weighted by molar-refractivity contribution is 0.361. The van der Waals surface area contributed by atoms with Crippen molar-refractivity contribution in [1.82, 2.24) is 10.6 Å². The lowest BCUT2D eigenvalue weighted by Crippen LogP contribution is -2.36. The van der Waals surface area contributed by atoms with Crippen LogP contribution in [0, 0.1) is 17.6 Å². The molecule has 0 radical (unpaired) electrons. The van der Waals surface area contributed by atoms with Crippen LogP contribution in [0.15, 0.2) is 18.2 Å². The minimum Gasteiger partial charge on any atom is -0.316 e. The van der Waals surface area contributed by atoms with Gasteiger partial charge in [-0.25, -0.2) is 8.78 Å². The fourth-order valence-electron chi connectivity index (χ4n) is 2.35. The largest absolute Gasteiger partial charge is 0.316 e. The summed E-state index contributed by atoms with van der Waals surface area (Å²) >= 11 is 0. The SMILES string of the molecule is Fc1ccc(CCNCC2CCCNC2)c(F)c1. The summed E-state index contributed by atoms with van der Waals surface area (Å²) in [5, 5.41) is 6.71.